The largest absolute Gasteiger partial charge is 0.493 e. The Labute approximate surface area is 166 Å². The summed E-state index contributed by atoms with van der Waals surface area (Å²) in [5.41, 5.74) is 0.429. The van der Waals surface area contributed by atoms with Crippen molar-refractivity contribution in [2.75, 3.05) is 27.3 Å². The van der Waals surface area contributed by atoms with Crippen LogP contribution in [0.2, 0.25) is 0 Å². The number of nitrogens with zero attached hydrogens (tertiary/aromatic N) is 2. The fourth-order valence-electron chi connectivity index (χ4n) is 3.96. The van der Waals surface area contributed by atoms with Gasteiger partial charge in [0.25, 0.3) is 11.5 Å². The molecule has 1 saturated heterocycles. The molecule has 1 amide bonds. The van der Waals surface area contributed by atoms with Crippen LogP contribution in [0.3, 0.4) is 0 Å². The number of fused-ring (bicyclic) bond motifs is 1. The lowest BCUT2D eigenvalue weighted by Crippen LogP contribution is -2.39. The predicted molar refractivity (Wildman–Crippen MR) is 110 cm³/mol. The van der Waals surface area contributed by atoms with Gasteiger partial charge in [0.2, 0.25) is 0 Å². The molecule has 28 heavy (non-hydrogen) atoms. The molecule has 6 heteroatoms. The number of rotatable bonds is 5. The van der Waals surface area contributed by atoms with Crippen molar-refractivity contribution in [1.82, 2.24) is 9.47 Å². The molecule has 1 aliphatic rings. The van der Waals surface area contributed by atoms with Gasteiger partial charge in [-0.05, 0) is 36.8 Å². The Balaban J connectivity index is 2.22. The van der Waals surface area contributed by atoms with Crippen LogP contribution in [0, 0.1) is 11.8 Å². The smallest absolute Gasteiger partial charge is 0.258 e. The Morgan fingerprint density at radius 2 is 1.82 bits per heavy atom. The number of hydrogen-bond acceptors (Lipinski definition) is 4. The molecular weight excluding hydrogens is 356 g/mol. The first-order valence-corrected chi connectivity index (χ1v) is 9.94. The summed E-state index contributed by atoms with van der Waals surface area (Å²) < 4.78 is 12.5. The number of hydrogen-bond donors (Lipinski definition) is 0. The molecule has 1 aliphatic heterocycles. The highest BCUT2D eigenvalue weighted by Gasteiger charge is 2.25. The van der Waals surface area contributed by atoms with Gasteiger partial charge < -0.3 is 18.9 Å². The molecule has 0 saturated carbocycles. The van der Waals surface area contributed by atoms with Crippen molar-refractivity contribution in [1.29, 1.82) is 0 Å². The van der Waals surface area contributed by atoms with Crippen LogP contribution in [0.15, 0.2) is 23.1 Å². The van der Waals surface area contributed by atoms with E-state index in [4.69, 9.17) is 9.47 Å². The van der Waals surface area contributed by atoms with E-state index < -0.39 is 0 Å². The average molecular weight is 386 g/mol. The Kier molecular flexibility index (Phi) is 5.96. The van der Waals surface area contributed by atoms with E-state index in [-0.39, 0.29) is 17.4 Å². The van der Waals surface area contributed by atoms with Gasteiger partial charge in [0.05, 0.1) is 25.2 Å². The number of aromatic nitrogens is 1. The van der Waals surface area contributed by atoms with Crippen LogP contribution in [0.25, 0.3) is 10.8 Å². The summed E-state index contributed by atoms with van der Waals surface area (Å²) in [5.74, 6) is 1.74. The first-order chi connectivity index (χ1) is 13.3. The molecule has 152 valence electrons. The van der Waals surface area contributed by atoms with E-state index in [2.05, 4.69) is 20.8 Å². The lowest BCUT2D eigenvalue weighted by Gasteiger charge is -2.31. The summed E-state index contributed by atoms with van der Waals surface area (Å²) >= 11 is 0. The summed E-state index contributed by atoms with van der Waals surface area (Å²) in [4.78, 5) is 28.4. The molecule has 1 atom stereocenters. The molecule has 1 aromatic heterocycles. The van der Waals surface area contributed by atoms with Gasteiger partial charge in [-0.15, -0.1) is 0 Å². The van der Waals surface area contributed by atoms with Crippen LogP contribution in [0.4, 0.5) is 0 Å². The highest BCUT2D eigenvalue weighted by atomic mass is 16.5. The zero-order valence-electron chi connectivity index (χ0n) is 17.4. The summed E-state index contributed by atoms with van der Waals surface area (Å²) in [6.07, 6.45) is 3.87. The maximum atomic E-state index is 13.4. The number of pyridine rings is 1. The zero-order chi connectivity index (χ0) is 20.4. The quantitative estimate of drug-likeness (QED) is 0.788. The molecule has 3 rings (SSSR count). The Morgan fingerprint density at radius 1 is 1.18 bits per heavy atom. The SMILES string of the molecule is COc1cc2c(C(=O)N3CCC[C@@H](C)C3)cn(CC(C)C)c(=O)c2cc1OC. The first kappa shape index (κ1) is 20.2. The monoisotopic (exact) mass is 386 g/mol. The number of amides is 1. The van der Waals surface area contributed by atoms with E-state index in [0.29, 0.717) is 40.3 Å². The number of carbonyl (C=O) groups is 1. The topological polar surface area (TPSA) is 60.8 Å². The van der Waals surface area contributed by atoms with Gasteiger partial charge >= 0.3 is 0 Å². The van der Waals surface area contributed by atoms with Crippen LogP contribution in [0.1, 0.15) is 44.0 Å². The van der Waals surface area contributed by atoms with Crippen molar-refractivity contribution < 1.29 is 14.3 Å². The molecule has 2 aromatic rings. The molecule has 0 spiro atoms. The molecule has 0 radical (unpaired) electrons. The maximum Gasteiger partial charge on any atom is 0.258 e. The van der Waals surface area contributed by atoms with E-state index in [0.717, 1.165) is 25.9 Å². The van der Waals surface area contributed by atoms with Gasteiger partial charge in [-0.25, -0.2) is 0 Å². The van der Waals surface area contributed by atoms with Crippen molar-refractivity contribution >= 4 is 16.7 Å². The van der Waals surface area contributed by atoms with Crippen molar-refractivity contribution in [3.8, 4) is 11.5 Å². The fourth-order valence-corrected chi connectivity index (χ4v) is 3.96. The minimum absolute atomic E-state index is 0.0266. The minimum Gasteiger partial charge on any atom is -0.493 e. The highest BCUT2D eigenvalue weighted by Crippen LogP contribution is 2.33. The number of likely N-dealkylation sites (tertiary alicyclic amines) is 1. The van der Waals surface area contributed by atoms with Crippen LogP contribution in [0.5, 0.6) is 11.5 Å². The van der Waals surface area contributed by atoms with Crippen LogP contribution >= 0.6 is 0 Å². The van der Waals surface area contributed by atoms with E-state index in [1.54, 1.807) is 37.1 Å². The van der Waals surface area contributed by atoms with Crippen molar-refractivity contribution in [2.24, 2.45) is 11.8 Å². The number of methoxy groups -OCH3 is 2. The second-order valence-corrected chi connectivity index (χ2v) is 8.15. The number of ether oxygens (including phenoxy) is 2. The number of benzene rings is 1. The predicted octanol–water partition coefficient (Wildman–Crippen LogP) is 3.55. The lowest BCUT2D eigenvalue weighted by molar-refractivity contribution is 0.0684. The Morgan fingerprint density at radius 3 is 2.39 bits per heavy atom. The number of piperidine rings is 1. The second kappa shape index (κ2) is 8.25. The summed E-state index contributed by atoms with van der Waals surface area (Å²) in [5, 5.41) is 1.10. The minimum atomic E-state index is -0.117. The average Bonchev–Trinajstić information content (AvgIpc) is 2.68. The standard InChI is InChI=1S/C22H30N2O4/c1-14(2)11-24-13-18(22(26)23-8-6-7-15(3)12-23)16-9-19(27-4)20(28-5)10-17(16)21(24)25/h9-10,13-15H,6-8,11-12H2,1-5H3/t15-/m1/s1. The summed E-state index contributed by atoms with van der Waals surface area (Å²) in [6, 6.07) is 3.43. The van der Waals surface area contributed by atoms with Gasteiger partial charge in [-0.3, -0.25) is 9.59 Å². The lowest BCUT2D eigenvalue weighted by atomic mass is 9.98. The van der Waals surface area contributed by atoms with Crippen molar-refractivity contribution in [3.63, 3.8) is 0 Å². The van der Waals surface area contributed by atoms with Gasteiger partial charge in [-0.1, -0.05) is 20.8 Å². The highest BCUT2D eigenvalue weighted by molar-refractivity contribution is 6.07. The molecule has 0 unspecified atom stereocenters. The normalized spacial score (nSPS) is 17.2. The maximum absolute atomic E-state index is 13.4. The second-order valence-electron chi connectivity index (χ2n) is 8.15. The van der Waals surface area contributed by atoms with E-state index >= 15 is 0 Å². The Bertz CT molecular complexity index is 932. The molecule has 1 aromatic carbocycles. The molecular formula is C22H30N2O4. The van der Waals surface area contributed by atoms with E-state index in [1.807, 2.05) is 4.90 Å². The Hall–Kier alpha value is -2.50. The van der Waals surface area contributed by atoms with Crippen LogP contribution in [-0.4, -0.2) is 42.7 Å². The third kappa shape index (κ3) is 3.86. The molecule has 0 bridgehead atoms. The van der Waals surface area contributed by atoms with Crippen LogP contribution in [-0.2, 0) is 6.54 Å². The summed E-state index contributed by atoms with van der Waals surface area (Å²) in [6.45, 7) is 8.33. The molecule has 2 heterocycles. The zero-order valence-corrected chi connectivity index (χ0v) is 17.4. The van der Waals surface area contributed by atoms with Crippen LogP contribution < -0.4 is 15.0 Å². The number of carbonyl (C=O) groups excluding carboxylic acids is 1. The molecule has 0 aliphatic carbocycles. The molecule has 6 nitrogen and oxygen atoms in total. The third-order valence-corrected chi connectivity index (χ3v) is 5.33. The summed E-state index contributed by atoms with van der Waals surface area (Å²) in [7, 11) is 3.10. The van der Waals surface area contributed by atoms with Gasteiger partial charge in [-0.2, -0.15) is 0 Å². The third-order valence-electron chi connectivity index (χ3n) is 5.33. The van der Waals surface area contributed by atoms with Gasteiger partial charge in [0.15, 0.2) is 11.5 Å². The van der Waals surface area contributed by atoms with Crippen molar-refractivity contribution in [3.05, 3.63) is 34.2 Å². The van der Waals surface area contributed by atoms with Crippen molar-refractivity contribution in [2.45, 2.75) is 40.2 Å². The molecule has 1 fully saturated rings. The van der Waals surface area contributed by atoms with E-state index in [1.165, 1.54) is 0 Å². The first-order valence-electron chi connectivity index (χ1n) is 9.94. The molecule has 0 N–H and O–H groups in total. The van der Waals surface area contributed by atoms with E-state index in [9.17, 15) is 9.59 Å². The fraction of sp³-hybridized carbons (Fsp3) is 0.545. The van der Waals surface area contributed by atoms with Gasteiger partial charge in [0.1, 0.15) is 0 Å². The van der Waals surface area contributed by atoms with Gasteiger partial charge in [0, 0.05) is 31.2 Å².